The summed E-state index contributed by atoms with van der Waals surface area (Å²) in [6, 6.07) is 12.6. The number of hydrogen-bond acceptors (Lipinski definition) is 5. The third-order valence-electron chi connectivity index (χ3n) is 5.82. The predicted octanol–water partition coefficient (Wildman–Crippen LogP) is 4.69. The number of carbonyl (C=O) groups excluding carboxylic acids is 2. The Kier molecular flexibility index (Phi) is 5.62. The standard InChI is InChI=1S/C22H22F3N3O4/c23-22(24,25)31-16-6-7-18(17(26)12-16)27-19(29)14-8-10-21(11-9-14)13-28(20(30)32-21)15-4-2-1-3-5-15/h1-7,12,14H,8-11,13,26H2,(H,27,29)/t14-,21-. The second-order valence-corrected chi connectivity index (χ2v) is 8.03. The molecule has 3 N–H and O–H groups in total. The van der Waals surface area contributed by atoms with E-state index < -0.39 is 23.8 Å². The van der Waals surface area contributed by atoms with E-state index in [-0.39, 0.29) is 23.2 Å². The number of ether oxygens (including phenoxy) is 2. The molecular formula is C22H22F3N3O4. The lowest BCUT2D eigenvalue weighted by molar-refractivity contribution is -0.274. The second kappa shape index (κ2) is 8.25. The van der Waals surface area contributed by atoms with Gasteiger partial charge in [-0.3, -0.25) is 9.69 Å². The molecule has 1 saturated carbocycles. The Labute approximate surface area is 182 Å². The van der Waals surface area contributed by atoms with E-state index in [0.29, 0.717) is 32.2 Å². The lowest BCUT2D eigenvalue weighted by Gasteiger charge is -2.34. The van der Waals surface area contributed by atoms with Crippen molar-refractivity contribution in [2.24, 2.45) is 5.92 Å². The highest BCUT2D eigenvalue weighted by Crippen LogP contribution is 2.41. The predicted molar refractivity (Wildman–Crippen MR) is 111 cm³/mol. The van der Waals surface area contributed by atoms with Crippen molar-refractivity contribution in [1.82, 2.24) is 0 Å². The minimum atomic E-state index is -4.82. The van der Waals surface area contributed by atoms with Gasteiger partial charge in [-0.1, -0.05) is 18.2 Å². The first-order valence-electron chi connectivity index (χ1n) is 10.2. The first-order chi connectivity index (χ1) is 15.1. The van der Waals surface area contributed by atoms with E-state index in [1.165, 1.54) is 6.07 Å². The maximum atomic E-state index is 12.7. The van der Waals surface area contributed by atoms with Gasteiger partial charge in [0.25, 0.3) is 0 Å². The summed E-state index contributed by atoms with van der Waals surface area (Å²) in [4.78, 5) is 26.7. The molecule has 170 valence electrons. The SMILES string of the molecule is Nc1cc(OC(F)(F)F)ccc1NC(=O)[C@H]1CC[C@]2(CC1)CN(c1ccccc1)C(=O)O2. The van der Waals surface area contributed by atoms with Crippen molar-refractivity contribution in [2.45, 2.75) is 37.6 Å². The summed E-state index contributed by atoms with van der Waals surface area (Å²) in [5.74, 6) is -1.06. The van der Waals surface area contributed by atoms with Gasteiger partial charge in [0.1, 0.15) is 11.4 Å². The number of hydrogen-bond donors (Lipinski definition) is 2. The molecule has 32 heavy (non-hydrogen) atoms. The van der Waals surface area contributed by atoms with Crippen LogP contribution in [0.15, 0.2) is 48.5 Å². The van der Waals surface area contributed by atoms with Gasteiger partial charge in [0.15, 0.2) is 0 Å². The number of rotatable bonds is 4. The van der Waals surface area contributed by atoms with Gasteiger partial charge in [-0.25, -0.2) is 4.79 Å². The molecule has 2 aliphatic rings. The maximum Gasteiger partial charge on any atom is 0.573 e. The van der Waals surface area contributed by atoms with Gasteiger partial charge < -0.3 is 20.5 Å². The summed E-state index contributed by atoms with van der Waals surface area (Å²) in [7, 11) is 0. The molecule has 10 heteroatoms. The largest absolute Gasteiger partial charge is 0.573 e. The summed E-state index contributed by atoms with van der Waals surface area (Å²) >= 11 is 0. The molecule has 4 rings (SSSR count). The number of anilines is 3. The minimum Gasteiger partial charge on any atom is -0.441 e. The number of benzene rings is 2. The summed E-state index contributed by atoms with van der Waals surface area (Å²) in [6.45, 7) is 0.428. The van der Waals surface area contributed by atoms with Crippen LogP contribution in [0.2, 0.25) is 0 Å². The van der Waals surface area contributed by atoms with Crippen LogP contribution in [0.3, 0.4) is 0 Å². The van der Waals surface area contributed by atoms with Gasteiger partial charge in [-0.15, -0.1) is 13.2 Å². The number of carbonyl (C=O) groups is 2. The van der Waals surface area contributed by atoms with Crippen molar-refractivity contribution in [1.29, 1.82) is 0 Å². The molecule has 1 aliphatic carbocycles. The molecule has 2 aromatic rings. The smallest absolute Gasteiger partial charge is 0.441 e. The first-order valence-corrected chi connectivity index (χ1v) is 10.2. The Bertz CT molecular complexity index is 1010. The molecule has 0 atom stereocenters. The Morgan fingerprint density at radius 3 is 2.47 bits per heavy atom. The topological polar surface area (TPSA) is 93.9 Å². The van der Waals surface area contributed by atoms with E-state index in [4.69, 9.17) is 10.5 Å². The number of para-hydroxylation sites is 1. The molecule has 2 fully saturated rings. The third kappa shape index (κ3) is 4.74. The van der Waals surface area contributed by atoms with E-state index in [1.807, 2.05) is 30.3 Å². The van der Waals surface area contributed by atoms with E-state index in [2.05, 4.69) is 10.1 Å². The van der Waals surface area contributed by atoms with Crippen molar-refractivity contribution in [2.75, 3.05) is 22.5 Å². The molecule has 2 aromatic carbocycles. The number of alkyl halides is 3. The van der Waals surface area contributed by atoms with Crippen molar-refractivity contribution in [3.05, 3.63) is 48.5 Å². The Morgan fingerprint density at radius 2 is 1.84 bits per heavy atom. The van der Waals surface area contributed by atoms with E-state index >= 15 is 0 Å². The zero-order valence-corrected chi connectivity index (χ0v) is 17.0. The fourth-order valence-electron chi connectivity index (χ4n) is 4.18. The highest BCUT2D eigenvalue weighted by Gasteiger charge is 2.48. The average molecular weight is 449 g/mol. The van der Waals surface area contributed by atoms with Crippen LogP contribution in [-0.4, -0.2) is 30.5 Å². The highest BCUT2D eigenvalue weighted by molar-refractivity contribution is 5.95. The van der Waals surface area contributed by atoms with Crippen molar-refractivity contribution in [3.8, 4) is 5.75 Å². The molecule has 0 radical (unpaired) electrons. The van der Waals surface area contributed by atoms with E-state index in [9.17, 15) is 22.8 Å². The fourth-order valence-corrected chi connectivity index (χ4v) is 4.18. The second-order valence-electron chi connectivity index (χ2n) is 8.03. The maximum absolute atomic E-state index is 12.7. The number of nitrogens with zero attached hydrogens (tertiary/aromatic N) is 1. The molecule has 1 heterocycles. The third-order valence-corrected chi connectivity index (χ3v) is 5.82. The van der Waals surface area contributed by atoms with Crippen LogP contribution in [-0.2, 0) is 9.53 Å². The van der Waals surface area contributed by atoms with Gasteiger partial charge in [-0.2, -0.15) is 0 Å². The van der Waals surface area contributed by atoms with Crippen molar-refractivity contribution < 1.29 is 32.2 Å². The summed E-state index contributed by atoms with van der Waals surface area (Å²) in [6.07, 6.45) is -3.13. The number of nitrogen functional groups attached to an aromatic ring is 1. The Hall–Kier alpha value is -3.43. The molecule has 1 saturated heterocycles. The molecule has 1 aliphatic heterocycles. The van der Waals surface area contributed by atoms with Crippen LogP contribution < -0.4 is 20.7 Å². The lowest BCUT2D eigenvalue weighted by Crippen LogP contribution is -2.41. The number of amides is 2. The zero-order valence-electron chi connectivity index (χ0n) is 17.0. The summed E-state index contributed by atoms with van der Waals surface area (Å²) in [5.41, 5.74) is 6.10. The Morgan fingerprint density at radius 1 is 1.16 bits per heavy atom. The highest BCUT2D eigenvalue weighted by atomic mass is 19.4. The average Bonchev–Trinajstić information content (AvgIpc) is 3.05. The number of nitrogens with two attached hydrogens (primary N) is 1. The quantitative estimate of drug-likeness (QED) is 0.661. The molecule has 1 spiro atoms. The zero-order chi connectivity index (χ0) is 22.9. The molecule has 2 amide bonds. The first kappa shape index (κ1) is 21.8. The lowest BCUT2D eigenvalue weighted by atomic mass is 9.78. The van der Waals surface area contributed by atoms with Crippen molar-refractivity contribution >= 4 is 29.1 Å². The normalized spacial score (nSPS) is 23.2. The monoisotopic (exact) mass is 449 g/mol. The molecule has 0 unspecified atom stereocenters. The van der Waals surface area contributed by atoms with Crippen LogP contribution in [0.1, 0.15) is 25.7 Å². The summed E-state index contributed by atoms with van der Waals surface area (Å²) < 4.78 is 46.5. The van der Waals surface area contributed by atoms with E-state index in [0.717, 1.165) is 17.8 Å². The molecule has 0 bridgehead atoms. The van der Waals surface area contributed by atoms with Gasteiger partial charge in [0.05, 0.1) is 17.9 Å². The number of halogens is 3. The van der Waals surface area contributed by atoms with Crippen LogP contribution in [0.4, 0.5) is 35.0 Å². The van der Waals surface area contributed by atoms with Gasteiger partial charge >= 0.3 is 12.5 Å². The van der Waals surface area contributed by atoms with Gasteiger partial charge in [0, 0.05) is 17.7 Å². The van der Waals surface area contributed by atoms with Crippen LogP contribution in [0, 0.1) is 5.92 Å². The minimum absolute atomic E-state index is 0.0318. The number of nitrogens with one attached hydrogen (secondary N) is 1. The van der Waals surface area contributed by atoms with Crippen LogP contribution >= 0.6 is 0 Å². The van der Waals surface area contributed by atoms with Gasteiger partial charge in [-0.05, 0) is 49.9 Å². The van der Waals surface area contributed by atoms with Crippen LogP contribution in [0.25, 0.3) is 0 Å². The van der Waals surface area contributed by atoms with Crippen molar-refractivity contribution in [3.63, 3.8) is 0 Å². The van der Waals surface area contributed by atoms with Crippen LogP contribution in [0.5, 0.6) is 5.75 Å². The molecule has 7 nitrogen and oxygen atoms in total. The fraction of sp³-hybridized carbons (Fsp3) is 0.364. The Balaban J connectivity index is 1.35. The van der Waals surface area contributed by atoms with E-state index in [1.54, 1.807) is 4.90 Å². The molecule has 0 aromatic heterocycles. The molecular weight excluding hydrogens is 427 g/mol. The summed E-state index contributed by atoms with van der Waals surface area (Å²) in [5, 5.41) is 2.67. The van der Waals surface area contributed by atoms with Gasteiger partial charge in [0.2, 0.25) is 5.91 Å².